The Bertz CT molecular complexity index is 1090. The summed E-state index contributed by atoms with van der Waals surface area (Å²) >= 11 is 1.03. The van der Waals surface area contributed by atoms with E-state index in [4.69, 9.17) is 4.74 Å². The molecule has 2 amide bonds. The number of carbonyl (C=O) groups is 2. The number of nitro groups is 1. The van der Waals surface area contributed by atoms with Crippen LogP contribution < -0.4 is 15.4 Å². The summed E-state index contributed by atoms with van der Waals surface area (Å²) in [5, 5.41) is 26.4. The number of hydrogen-bond donors (Lipinski definition) is 2. The minimum Gasteiger partial charge on any atom is -0.497 e. The van der Waals surface area contributed by atoms with Gasteiger partial charge in [-0.2, -0.15) is 5.26 Å². The number of carbonyl (C=O) groups excluding carboxylic acids is 2. The molecule has 0 saturated carbocycles. The topological polar surface area (TPSA) is 134 Å². The first-order valence-electron chi connectivity index (χ1n) is 9.16. The van der Waals surface area contributed by atoms with Crippen molar-refractivity contribution in [2.45, 2.75) is 12.3 Å². The van der Waals surface area contributed by atoms with Crippen LogP contribution in [0.2, 0.25) is 0 Å². The van der Waals surface area contributed by atoms with Crippen LogP contribution in [0.15, 0.2) is 59.1 Å². The first-order chi connectivity index (χ1) is 14.9. The van der Waals surface area contributed by atoms with E-state index in [1.807, 2.05) is 0 Å². The monoisotopic (exact) mass is 438 g/mol. The van der Waals surface area contributed by atoms with E-state index in [0.29, 0.717) is 17.0 Å². The highest BCUT2D eigenvalue weighted by molar-refractivity contribution is 8.03. The van der Waals surface area contributed by atoms with Gasteiger partial charge in [0.2, 0.25) is 11.8 Å². The van der Waals surface area contributed by atoms with Crippen molar-refractivity contribution < 1.29 is 19.2 Å². The molecule has 0 aromatic heterocycles. The Labute approximate surface area is 182 Å². The Morgan fingerprint density at radius 3 is 2.74 bits per heavy atom. The van der Waals surface area contributed by atoms with E-state index >= 15 is 0 Å². The van der Waals surface area contributed by atoms with Crippen molar-refractivity contribution in [1.29, 1.82) is 5.26 Å². The van der Waals surface area contributed by atoms with Crippen molar-refractivity contribution in [2.24, 2.45) is 0 Å². The summed E-state index contributed by atoms with van der Waals surface area (Å²) in [6, 6.07) is 14.8. The minimum atomic E-state index is -0.620. The molecule has 10 heteroatoms. The molecule has 0 bridgehead atoms. The third-order valence-corrected chi connectivity index (χ3v) is 5.58. The molecule has 1 atom stereocenters. The lowest BCUT2D eigenvalue weighted by molar-refractivity contribution is -0.384. The fourth-order valence-electron chi connectivity index (χ4n) is 3.08. The molecule has 31 heavy (non-hydrogen) atoms. The largest absolute Gasteiger partial charge is 0.497 e. The molecule has 2 N–H and O–H groups in total. The van der Waals surface area contributed by atoms with E-state index in [9.17, 15) is 25.0 Å². The Morgan fingerprint density at radius 1 is 1.35 bits per heavy atom. The average Bonchev–Trinajstić information content (AvgIpc) is 2.77. The van der Waals surface area contributed by atoms with Gasteiger partial charge in [0, 0.05) is 30.2 Å². The maximum Gasteiger partial charge on any atom is 0.269 e. The second kappa shape index (κ2) is 9.77. The molecule has 158 valence electrons. The van der Waals surface area contributed by atoms with E-state index < -0.39 is 10.8 Å². The molecule has 2 aromatic rings. The third-order valence-electron chi connectivity index (χ3n) is 4.56. The van der Waals surface area contributed by atoms with Crippen molar-refractivity contribution in [3.8, 4) is 11.8 Å². The number of non-ortho nitro benzene ring substituents is 1. The summed E-state index contributed by atoms with van der Waals surface area (Å²) in [7, 11) is 1.55. The lowest BCUT2D eigenvalue weighted by Crippen LogP contribution is -2.31. The number of hydrogen-bond acceptors (Lipinski definition) is 7. The SMILES string of the molecule is COc1ccc(NC(=O)CSC2=C(C#N)[C@@H](c3cccc([N+](=O)[O-])c3)CC(=O)N2)cc1. The second-order valence-corrected chi connectivity index (χ2v) is 7.56. The van der Waals surface area contributed by atoms with Gasteiger partial charge in [0.05, 0.1) is 34.5 Å². The fraction of sp³-hybridized carbons (Fsp3) is 0.190. The van der Waals surface area contributed by atoms with Crippen LogP contribution in [0, 0.1) is 21.4 Å². The Kier molecular flexibility index (Phi) is 6.89. The number of amides is 2. The Hall–Kier alpha value is -3.84. The molecular weight excluding hydrogens is 420 g/mol. The molecule has 0 aliphatic carbocycles. The molecule has 1 aliphatic heterocycles. The van der Waals surface area contributed by atoms with E-state index in [-0.39, 0.29) is 40.3 Å². The highest BCUT2D eigenvalue weighted by Gasteiger charge is 2.30. The number of nitrogens with zero attached hydrogens (tertiary/aromatic N) is 2. The van der Waals surface area contributed by atoms with Gasteiger partial charge in [-0.25, -0.2) is 0 Å². The molecule has 2 aromatic carbocycles. The number of nitriles is 1. The van der Waals surface area contributed by atoms with Crippen LogP contribution >= 0.6 is 11.8 Å². The quantitative estimate of drug-likeness (QED) is 0.500. The molecule has 0 radical (unpaired) electrons. The number of nitro benzene ring substituents is 1. The van der Waals surface area contributed by atoms with Gasteiger partial charge >= 0.3 is 0 Å². The van der Waals surface area contributed by atoms with Crippen LogP contribution in [-0.2, 0) is 9.59 Å². The van der Waals surface area contributed by atoms with Crippen molar-refractivity contribution in [3.05, 3.63) is 74.8 Å². The van der Waals surface area contributed by atoms with Gasteiger partial charge in [-0.3, -0.25) is 19.7 Å². The molecule has 0 spiro atoms. The lowest BCUT2D eigenvalue weighted by Gasteiger charge is -2.24. The van der Waals surface area contributed by atoms with E-state index in [0.717, 1.165) is 11.8 Å². The summed E-state index contributed by atoms with van der Waals surface area (Å²) in [4.78, 5) is 35.1. The summed E-state index contributed by atoms with van der Waals surface area (Å²) < 4.78 is 5.07. The summed E-state index contributed by atoms with van der Waals surface area (Å²) in [5.74, 6) is -0.631. The predicted molar refractivity (Wildman–Crippen MR) is 115 cm³/mol. The molecule has 0 fully saturated rings. The number of ether oxygens (including phenoxy) is 1. The molecule has 0 unspecified atom stereocenters. The standard InChI is InChI=1S/C21H18N4O5S/c1-30-16-7-5-14(6-8-16)23-20(27)12-31-21-18(11-22)17(10-19(26)24-21)13-3-2-4-15(9-13)25(28)29/h2-9,17H,10,12H2,1H3,(H,23,27)(H,24,26)/t17-/m1/s1. The van der Waals surface area contributed by atoms with Crippen molar-refractivity contribution >= 4 is 35.0 Å². The number of anilines is 1. The van der Waals surface area contributed by atoms with E-state index in [2.05, 4.69) is 16.7 Å². The van der Waals surface area contributed by atoms with Gasteiger partial charge in [0.25, 0.3) is 5.69 Å². The molecule has 1 aliphatic rings. The predicted octanol–water partition coefficient (Wildman–Crippen LogP) is 3.31. The smallest absolute Gasteiger partial charge is 0.269 e. The highest BCUT2D eigenvalue weighted by Crippen LogP contribution is 2.36. The first-order valence-corrected chi connectivity index (χ1v) is 10.1. The van der Waals surface area contributed by atoms with E-state index in [1.54, 1.807) is 37.4 Å². The molecule has 9 nitrogen and oxygen atoms in total. The van der Waals surface area contributed by atoms with Gasteiger partial charge in [0.15, 0.2) is 0 Å². The van der Waals surface area contributed by atoms with Gasteiger partial charge in [-0.1, -0.05) is 23.9 Å². The average molecular weight is 438 g/mol. The van der Waals surface area contributed by atoms with Crippen molar-refractivity contribution in [3.63, 3.8) is 0 Å². The van der Waals surface area contributed by atoms with Gasteiger partial charge in [-0.05, 0) is 29.8 Å². The zero-order valence-corrected chi connectivity index (χ0v) is 17.3. The molecule has 0 saturated heterocycles. The lowest BCUT2D eigenvalue weighted by atomic mass is 9.87. The molecular formula is C21H18N4O5S. The highest BCUT2D eigenvalue weighted by atomic mass is 32.2. The second-order valence-electron chi connectivity index (χ2n) is 6.58. The van der Waals surface area contributed by atoms with Crippen LogP contribution in [-0.4, -0.2) is 29.6 Å². The first kappa shape index (κ1) is 21.9. The molecule has 3 rings (SSSR count). The van der Waals surface area contributed by atoms with E-state index in [1.165, 1.54) is 18.2 Å². The van der Waals surface area contributed by atoms with Crippen LogP contribution in [0.4, 0.5) is 11.4 Å². The van der Waals surface area contributed by atoms with Crippen LogP contribution in [0.5, 0.6) is 5.75 Å². The Balaban J connectivity index is 1.75. The van der Waals surface area contributed by atoms with Crippen LogP contribution in [0.3, 0.4) is 0 Å². The number of rotatable bonds is 7. The minimum absolute atomic E-state index is 0.00777. The van der Waals surface area contributed by atoms with Crippen LogP contribution in [0.25, 0.3) is 0 Å². The zero-order valence-electron chi connectivity index (χ0n) is 16.5. The van der Waals surface area contributed by atoms with Crippen LogP contribution in [0.1, 0.15) is 17.9 Å². The maximum atomic E-state index is 12.3. The summed E-state index contributed by atoms with van der Waals surface area (Å²) in [6.07, 6.45) is -0.00777. The van der Waals surface area contributed by atoms with Crippen molar-refractivity contribution in [2.75, 3.05) is 18.2 Å². The number of allylic oxidation sites excluding steroid dienone is 1. The zero-order chi connectivity index (χ0) is 22.4. The van der Waals surface area contributed by atoms with Gasteiger partial charge in [-0.15, -0.1) is 0 Å². The van der Waals surface area contributed by atoms with Gasteiger partial charge < -0.3 is 15.4 Å². The number of benzene rings is 2. The third kappa shape index (κ3) is 5.40. The fourth-order valence-corrected chi connectivity index (χ4v) is 3.96. The number of thioether (sulfide) groups is 1. The normalized spacial score (nSPS) is 15.6. The van der Waals surface area contributed by atoms with Crippen molar-refractivity contribution in [1.82, 2.24) is 5.32 Å². The molecule has 1 heterocycles. The number of nitrogens with one attached hydrogen (secondary N) is 2. The Morgan fingerprint density at radius 2 is 2.10 bits per heavy atom. The maximum absolute atomic E-state index is 12.3. The summed E-state index contributed by atoms with van der Waals surface area (Å²) in [5.41, 5.74) is 1.24. The summed E-state index contributed by atoms with van der Waals surface area (Å²) in [6.45, 7) is 0. The number of methoxy groups -OCH3 is 1. The van der Waals surface area contributed by atoms with Gasteiger partial charge in [0.1, 0.15) is 5.75 Å².